The van der Waals surface area contributed by atoms with Crippen LogP contribution in [0.4, 0.5) is 10.8 Å². The molecule has 0 spiro atoms. The lowest BCUT2D eigenvalue weighted by Crippen LogP contribution is -2.40. The first kappa shape index (κ1) is 19.4. The number of fused-ring (bicyclic) bond motifs is 1. The summed E-state index contributed by atoms with van der Waals surface area (Å²) in [7, 11) is 3.43. The smallest absolute Gasteiger partial charge is 0.253 e. The van der Waals surface area contributed by atoms with Gasteiger partial charge in [0.25, 0.3) is 5.91 Å². The van der Waals surface area contributed by atoms with E-state index in [9.17, 15) is 9.59 Å². The summed E-state index contributed by atoms with van der Waals surface area (Å²) in [4.78, 5) is 33.5. The predicted molar refractivity (Wildman–Crippen MR) is 118 cm³/mol. The van der Waals surface area contributed by atoms with Gasteiger partial charge in [0.05, 0.1) is 16.1 Å². The number of benzene rings is 2. The molecule has 1 N–H and O–H groups in total. The Balaban J connectivity index is 1.45. The molecule has 0 aliphatic carbocycles. The lowest BCUT2D eigenvalue weighted by atomic mass is 9.97. The molecule has 0 bridgehead atoms. The fraction of sp³-hybridized carbons (Fsp3) is 0.318. The number of nitrogens with one attached hydrogen (secondary N) is 1. The largest absolute Gasteiger partial charge is 0.347 e. The maximum absolute atomic E-state index is 12.9. The summed E-state index contributed by atoms with van der Waals surface area (Å²) in [6, 6.07) is 15.2. The second-order valence-electron chi connectivity index (χ2n) is 7.52. The number of hydrogen-bond donors (Lipinski definition) is 1. The number of anilines is 2. The quantitative estimate of drug-likeness (QED) is 0.712. The Kier molecular flexibility index (Phi) is 5.49. The van der Waals surface area contributed by atoms with E-state index >= 15 is 0 Å². The van der Waals surface area contributed by atoms with Crippen molar-refractivity contribution in [3.63, 3.8) is 0 Å². The van der Waals surface area contributed by atoms with Crippen LogP contribution in [0.1, 0.15) is 23.2 Å². The van der Waals surface area contributed by atoms with E-state index in [2.05, 4.69) is 16.3 Å². The molecule has 1 aromatic heterocycles. The number of para-hydroxylation sites is 1. The third-order valence-corrected chi connectivity index (χ3v) is 6.23. The van der Waals surface area contributed by atoms with E-state index in [0.29, 0.717) is 17.8 Å². The van der Waals surface area contributed by atoms with Crippen LogP contribution in [0.5, 0.6) is 0 Å². The third kappa shape index (κ3) is 4.24. The molecule has 150 valence electrons. The Morgan fingerprint density at radius 2 is 2.00 bits per heavy atom. The van der Waals surface area contributed by atoms with Gasteiger partial charge in [-0.3, -0.25) is 9.59 Å². The molecule has 6 nitrogen and oxygen atoms in total. The molecule has 0 saturated carbocycles. The summed E-state index contributed by atoms with van der Waals surface area (Å²) in [5.41, 5.74) is 2.22. The molecule has 3 aromatic rings. The number of nitrogens with zero attached hydrogens (tertiary/aromatic N) is 3. The molecule has 29 heavy (non-hydrogen) atoms. The summed E-state index contributed by atoms with van der Waals surface area (Å²) in [5.74, 6) is -0.199. The van der Waals surface area contributed by atoms with E-state index in [1.54, 1.807) is 43.6 Å². The minimum atomic E-state index is -0.107. The highest BCUT2D eigenvalue weighted by molar-refractivity contribution is 7.22. The van der Waals surface area contributed by atoms with Gasteiger partial charge < -0.3 is 15.1 Å². The van der Waals surface area contributed by atoms with E-state index in [0.717, 1.165) is 34.7 Å². The minimum absolute atomic E-state index is 0.00902. The van der Waals surface area contributed by atoms with Gasteiger partial charge in [-0.05, 0) is 43.2 Å². The maximum atomic E-state index is 12.9. The maximum Gasteiger partial charge on any atom is 0.253 e. The van der Waals surface area contributed by atoms with Gasteiger partial charge in [0.2, 0.25) is 5.91 Å². The van der Waals surface area contributed by atoms with Crippen molar-refractivity contribution in [2.24, 2.45) is 5.92 Å². The highest BCUT2D eigenvalue weighted by Crippen LogP contribution is 2.31. The van der Waals surface area contributed by atoms with Crippen LogP contribution in [0.3, 0.4) is 0 Å². The number of piperidine rings is 1. The Hall–Kier alpha value is -2.93. The first-order valence-corrected chi connectivity index (χ1v) is 10.6. The van der Waals surface area contributed by atoms with Gasteiger partial charge >= 0.3 is 0 Å². The van der Waals surface area contributed by atoms with Crippen molar-refractivity contribution in [2.45, 2.75) is 12.8 Å². The van der Waals surface area contributed by atoms with Crippen molar-refractivity contribution in [2.75, 3.05) is 37.4 Å². The molecule has 1 saturated heterocycles. The van der Waals surface area contributed by atoms with Crippen LogP contribution in [0.2, 0.25) is 0 Å². The number of aromatic nitrogens is 1. The SMILES string of the molecule is CN(C)C(=O)c1cccc(NC(=O)C2CCCN(c3nc4ccccc4s3)C2)c1. The van der Waals surface area contributed by atoms with Gasteiger partial charge in [0.1, 0.15) is 0 Å². The van der Waals surface area contributed by atoms with Gasteiger partial charge in [0, 0.05) is 38.4 Å². The molecule has 7 heteroatoms. The van der Waals surface area contributed by atoms with Crippen LogP contribution < -0.4 is 10.2 Å². The van der Waals surface area contributed by atoms with Crippen LogP contribution >= 0.6 is 11.3 Å². The third-order valence-electron chi connectivity index (χ3n) is 5.13. The van der Waals surface area contributed by atoms with E-state index in [1.807, 2.05) is 24.3 Å². The molecule has 1 fully saturated rings. The van der Waals surface area contributed by atoms with Gasteiger partial charge in [-0.15, -0.1) is 0 Å². The van der Waals surface area contributed by atoms with Crippen molar-refractivity contribution in [1.29, 1.82) is 0 Å². The summed E-state index contributed by atoms with van der Waals surface area (Å²) >= 11 is 1.67. The Morgan fingerprint density at radius 1 is 1.17 bits per heavy atom. The molecule has 1 aliphatic heterocycles. The molecule has 4 rings (SSSR count). The number of amides is 2. The lowest BCUT2D eigenvalue weighted by molar-refractivity contribution is -0.120. The van der Waals surface area contributed by atoms with E-state index < -0.39 is 0 Å². The van der Waals surface area contributed by atoms with E-state index in [4.69, 9.17) is 4.98 Å². The zero-order valence-corrected chi connectivity index (χ0v) is 17.4. The number of hydrogen-bond acceptors (Lipinski definition) is 5. The average Bonchev–Trinajstić information content (AvgIpc) is 3.18. The van der Waals surface area contributed by atoms with Crippen LogP contribution in [0.25, 0.3) is 10.2 Å². The van der Waals surface area contributed by atoms with Crippen LogP contribution in [0.15, 0.2) is 48.5 Å². The lowest BCUT2D eigenvalue weighted by Gasteiger charge is -2.31. The highest BCUT2D eigenvalue weighted by Gasteiger charge is 2.27. The van der Waals surface area contributed by atoms with Crippen LogP contribution in [-0.4, -0.2) is 48.9 Å². The normalized spacial score (nSPS) is 16.6. The molecule has 2 aromatic carbocycles. The summed E-state index contributed by atoms with van der Waals surface area (Å²) in [5, 5.41) is 3.97. The monoisotopic (exact) mass is 408 g/mol. The molecule has 1 unspecified atom stereocenters. The summed E-state index contributed by atoms with van der Waals surface area (Å²) < 4.78 is 1.16. The van der Waals surface area contributed by atoms with Crippen molar-refractivity contribution in [3.8, 4) is 0 Å². The van der Waals surface area contributed by atoms with Gasteiger partial charge in [0.15, 0.2) is 5.13 Å². The zero-order chi connectivity index (χ0) is 20.4. The molecule has 2 heterocycles. The zero-order valence-electron chi connectivity index (χ0n) is 16.6. The van der Waals surface area contributed by atoms with Gasteiger partial charge in [-0.1, -0.05) is 29.5 Å². The molecule has 1 atom stereocenters. The topological polar surface area (TPSA) is 65.5 Å². The Morgan fingerprint density at radius 3 is 2.79 bits per heavy atom. The van der Waals surface area contributed by atoms with Crippen molar-refractivity contribution in [3.05, 3.63) is 54.1 Å². The predicted octanol–water partition coefficient (Wildman–Crippen LogP) is 3.85. The van der Waals surface area contributed by atoms with Crippen LogP contribution in [-0.2, 0) is 4.79 Å². The highest BCUT2D eigenvalue weighted by atomic mass is 32.1. The van der Waals surface area contributed by atoms with E-state index in [-0.39, 0.29) is 17.7 Å². The summed E-state index contributed by atoms with van der Waals surface area (Å²) in [6.07, 6.45) is 1.80. The molecule has 0 radical (unpaired) electrons. The van der Waals surface area contributed by atoms with E-state index in [1.165, 1.54) is 4.90 Å². The first-order chi connectivity index (χ1) is 14.0. The Labute approximate surface area is 174 Å². The molecular weight excluding hydrogens is 384 g/mol. The minimum Gasteiger partial charge on any atom is -0.347 e. The second-order valence-corrected chi connectivity index (χ2v) is 8.53. The number of carbonyl (C=O) groups excluding carboxylic acids is 2. The van der Waals surface area contributed by atoms with Crippen molar-refractivity contribution < 1.29 is 9.59 Å². The standard InChI is InChI=1S/C22H24N4O2S/c1-25(2)21(28)15-7-5-9-17(13-15)23-20(27)16-8-6-12-26(14-16)22-24-18-10-3-4-11-19(18)29-22/h3-5,7,9-11,13,16H,6,8,12,14H2,1-2H3,(H,23,27). The number of rotatable bonds is 4. The molecule has 1 aliphatic rings. The van der Waals surface area contributed by atoms with Crippen molar-refractivity contribution >= 4 is 44.2 Å². The van der Waals surface area contributed by atoms with Crippen LogP contribution in [0, 0.1) is 5.92 Å². The fourth-order valence-electron chi connectivity index (χ4n) is 3.59. The first-order valence-electron chi connectivity index (χ1n) is 9.74. The molecule has 2 amide bonds. The second kappa shape index (κ2) is 8.21. The fourth-order valence-corrected chi connectivity index (χ4v) is 4.59. The summed E-state index contributed by atoms with van der Waals surface area (Å²) in [6.45, 7) is 1.57. The number of carbonyl (C=O) groups is 2. The molecular formula is C22H24N4O2S. The van der Waals surface area contributed by atoms with Gasteiger partial charge in [-0.2, -0.15) is 0 Å². The number of thiazole rings is 1. The van der Waals surface area contributed by atoms with Gasteiger partial charge in [-0.25, -0.2) is 4.98 Å². The average molecular weight is 409 g/mol. The van der Waals surface area contributed by atoms with Crippen molar-refractivity contribution in [1.82, 2.24) is 9.88 Å². The Bertz CT molecular complexity index is 1010.